The van der Waals surface area contributed by atoms with Gasteiger partial charge in [-0.1, -0.05) is 6.07 Å². The van der Waals surface area contributed by atoms with Crippen LogP contribution in [0.2, 0.25) is 0 Å². The second-order valence-electron chi connectivity index (χ2n) is 5.23. The minimum absolute atomic E-state index is 0.315. The molecule has 2 rings (SSSR count). The third-order valence-electron chi connectivity index (χ3n) is 3.42. The number of ether oxygens (including phenoxy) is 1. The molecule has 126 valence electrons. The molecule has 2 aromatic rings. The summed E-state index contributed by atoms with van der Waals surface area (Å²) in [6.45, 7) is 3.10. The van der Waals surface area contributed by atoms with Gasteiger partial charge >= 0.3 is 5.97 Å². The van der Waals surface area contributed by atoms with E-state index in [9.17, 15) is 14.0 Å². The molecule has 1 amide bonds. The first-order valence-electron chi connectivity index (χ1n) is 7.32. The number of thioether (sulfide) groups is 1. The Morgan fingerprint density at radius 3 is 2.42 bits per heavy atom. The van der Waals surface area contributed by atoms with Crippen molar-refractivity contribution in [1.29, 1.82) is 0 Å². The van der Waals surface area contributed by atoms with E-state index in [0.29, 0.717) is 16.8 Å². The summed E-state index contributed by atoms with van der Waals surface area (Å²) >= 11 is 1.56. The van der Waals surface area contributed by atoms with E-state index in [0.717, 1.165) is 4.90 Å². The number of aryl methyl sites for hydroxylation is 1. The summed E-state index contributed by atoms with van der Waals surface area (Å²) in [6.07, 6.45) is 0.940. The zero-order valence-corrected chi connectivity index (χ0v) is 14.4. The number of hydrogen-bond acceptors (Lipinski definition) is 4. The Labute approximate surface area is 144 Å². The van der Waals surface area contributed by atoms with Crippen molar-refractivity contribution in [2.75, 3.05) is 11.6 Å². The fraction of sp³-hybridized carbons (Fsp3) is 0.222. The number of halogens is 1. The van der Waals surface area contributed by atoms with Gasteiger partial charge in [-0.3, -0.25) is 4.79 Å². The molecule has 0 aliphatic rings. The average molecular weight is 347 g/mol. The highest BCUT2D eigenvalue weighted by atomic mass is 32.2. The zero-order valence-electron chi connectivity index (χ0n) is 13.6. The summed E-state index contributed by atoms with van der Waals surface area (Å²) in [5, 5.41) is 2.53. The first-order valence-corrected chi connectivity index (χ1v) is 8.55. The van der Waals surface area contributed by atoms with Crippen LogP contribution in [-0.4, -0.2) is 24.2 Å². The Balaban J connectivity index is 1.97. The molecule has 6 heteroatoms. The van der Waals surface area contributed by atoms with Gasteiger partial charge in [0.2, 0.25) is 0 Å². The lowest BCUT2D eigenvalue weighted by Gasteiger charge is -2.14. The van der Waals surface area contributed by atoms with Gasteiger partial charge in [0.05, 0.1) is 5.56 Å². The van der Waals surface area contributed by atoms with Crippen molar-refractivity contribution in [2.45, 2.75) is 24.8 Å². The number of carbonyl (C=O) groups excluding carboxylic acids is 2. The van der Waals surface area contributed by atoms with Crippen LogP contribution in [0.3, 0.4) is 0 Å². The van der Waals surface area contributed by atoms with E-state index in [1.807, 2.05) is 6.26 Å². The SMILES string of the molecule is CSc1ccc(C(=O)O[C@@H](C)C(=O)Nc2ccc(C)c(F)c2)cc1. The summed E-state index contributed by atoms with van der Waals surface area (Å²) in [5.74, 6) is -1.51. The van der Waals surface area contributed by atoms with E-state index < -0.39 is 23.8 Å². The van der Waals surface area contributed by atoms with Crippen molar-refractivity contribution < 1.29 is 18.7 Å². The van der Waals surface area contributed by atoms with Crippen LogP contribution in [0, 0.1) is 12.7 Å². The van der Waals surface area contributed by atoms with Crippen molar-refractivity contribution in [3.8, 4) is 0 Å². The van der Waals surface area contributed by atoms with E-state index in [1.165, 1.54) is 13.0 Å². The first kappa shape index (κ1) is 18.0. The van der Waals surface area contributed by atoms with E-state index >= 15 is 0 Å². The third-order valence-corrected chi connectivity index (χ3v) is 4.16. The van der Waals surface area contributed by atoms with E-state index in [1.54, 1.807) is 55.1 Å². The van der Waals surface area contributed by atoms with E-state index in [-0.39, 0.29) is 0 Å². The molecule has 0 radical (unpaired) electrons. The molecule has 1 atom stereocenters. The number of nitrogens with one attached hydrogen (secondary N) is 1. The molecule has 0 heterocycles. The molecule has 24 heavy (non-hydrogen) atoms. The summed E-state index contributed by atoms with van der Waals surface area (Å²) in [5.41, 5.74) is 1.17. The molecule has 4 nitrogen and oxygen atoms in total. The lowest BCUT2D eigenvalue weighted by Crippen LogP contribution is -2.30. The Hall–Kier alpha value is -2.34. The number of anilines is 1. The second-order valence-corrected chi connectivity index (χ2v) is 6.11. The maximum Gasteiger partial charge on any atom is 0.338 e. The van der Waals surface area contributed by atoms with Crippen LogP contribution in [0.4, 0.5) is 10.1 Å². The highest BCUT2D eigenvalue weighted by molar-refractivity contribution is 7.98. The van der Waals surface area contributed by atoms with Crippen LogP contribution in [0.1, 0.15) is 22.8 Å². The average Bonchev–Trinajstić information content (AvgIpc) is 2.58. The fourth-order valence-electron chi connectivity index (χ4n) is 1.92. The maximum atomic E-state index is 13.5. The monoisotopic (exact) mass is 347 g/mol. The van der Waals surface area contributed by atoms with Crippen LogP contribution >= 0.6 is 11.8 Å². The molecule has 0 aliphatic carbocycles. The standard InChI is InChI=1S/C18H18FNO3S/c1-11-4-7-14(10-16(11)19)20-17(21)12(2)23-18(22)13-5-8-15(24-3)9-6-13/h4-10,12H,1-3H3,(H,20,21)/t12-/m0/s1. The van der Waals surface area contributed by atoms with E-state index in [2.05, 4.69) is 5.32 Å². The van der Waals surface area contributed by atoms with Crippen LogP contribution < -0.4 is 5.32 Å². The van der Waals surface area contributed by atoms with Crippen molar-refractivity contribution in [3.05, 3.63) is 59.4 Å². The molecule has 2 aromatic carbocycles. The topological polar surface area (TPSA) is 55.4 Å². The molecule has 1 N–H and O–H groups in total. The van der Waals surface area contributed by atoms with Gasteiger partial charge in [0.15, 0.2) is 6.10 Å². The number of benzene rings is 2. The minimum Gasteiger partial charge on any atom is -0.449 e. The highest BCUT2D eigenvalue weighted by Gasteiger charge is 2.19. The number of amides is 1. The van der Waals surface area contributed by atoms with Gasteiger partial charge in [-0.05, 0) is 62.1 Å². The number of hydrogen-bond donors (Lipinski definition) is 1. The molecule has 0 spiro atoms. The van der Waals surface area contributed by atoms with Gasteiger partial charge in [-0.2, -0.15) is 0 Å². The van der Waals surface area contributed by atoms with Crippen LogP contribution in [0.25, 0.3) is 0 Å². The van der Waals surface area contributed by atoms with Crippen molar-refractivity contribution in [1.82, 2.24) is 0 Å². The molecule has 0 aliphatic heterocycles. The number of carbonyl (C=O) groups is 2. The Morgan fingerprint density at radius 1 is 1.17 bits per heavy atom. The Morgan fingerprint density at radius 2 is 1.83 bits per heavy atom. The number of esters is 1. The van der Waals surface area contributed by atoms with Gasteiger partial charge in [-0.15, -0.1) is 11.8 Å². The largest absolute Gasteiger partial charge is 0.449 e. The zero-order chi connectivity index (χ0) is 17.7. The van der Waals surface area contributed by atoms with Crippen LogP contribution in [0.5, 0.6) is 0 Å². The predicted octanol–water partition coefficient (Wildman–Crippen LogP) is 4.04. The van der Waals surface area contributed by atoms with Gasteiger partial charge < -0.3 is 10.1 Å². The minimum atomic E-state index is -0.998. The van der Waals surface area contributed by atoms with Crippen molar-refractivity contribution in [2.24, 2.45) is 0 Å². The fourth-order valence-corrected chi connectivity index (χ4v) is 2.33. The van der Waals surface area contributed by atoms with Crippen LogP contribution in [0.15, 0.2) is 47.4 Å². The van der Waals surface area contributed by atoms with Gasteiger partial charge in [0.1, 0.15) is 5.82 Å². The molecule has 0 fully saturated rings. The normalized spacial score (nSPS) is 11.7. The molecule has 0 bridgehead atoms. The molecule has 0 aromatic heterocycles. The molecule has 0 saturated carbocycles. The summed E-state index contributed by atoms with van der Waals surface area (Å²) < 4.78 is 18.6. The lowest BCUT2D eigenvalue weighted by atomic mass is 10.2. The van der Waals surface area contributed by atoms with Gasteiger partial charge in [-0.25, -0.2) is 9.18 Å². The Bertz CT molecular complexity index is 746. The summed E-state index contributed by atoms with van der Waals surface area (Å²) in [6, 6.07) is 11.3. The maximum absolute atomic E-state index is 13.5. The molecular formula is C18H18FNO3S. The first-order chi connectivity index (χ1) is 11.4. The Kier molecular flexibility index (Phi) is 5.98. The van der Waals surface area contributed by atoms with Crippen molar-refractivity contribution >= 4 is 29.3 Å². The number of rotatable bonds is 5. The van der Waals surface area contributed by atoms with Crippen LogP contribution in [-0.2, 0) is 9.53 Å². The van der Waals surface area contributed by atoms with Gasteiger partial charge in [0.25, 0.3) is 5.91 Å². The third kappa shape index (κ3) is 4.58. The summed E-state index contributed by atoms with van der Waals surface area (Å²) in [4.78, 5) is 25.1. The van der Waals surface area contributed by atoms with Crippen molar-refractivity contribution in [3.63, 3.8) is 0 Å². The quantitative estimate of drug-likeness (QED) is 0.655. The lowest BCUT2D eigenvalue weighted by molar-refractivity contribution is -0.123. The molecule has 0 saturated heterocycles. The predicted molar refractivity (Wildman–Crippen MR) is 92.9 cm³/mol. The highest BCUT2D eigenvalue weighted by Crippen LogP contribution is 2.17. The second kappa shape index (κ2) is 7.97. The molecular weight excluding hydrogens is 329 g/mol. The summed E-state index contributed by atoms with van der Waals surface area (Å²) in [7, 11) is 0. The van der Waals surface area contributed by atoms with E-state index in [4.69, 9.17) is 4.74 Å². The smallest absolute Gasteiger partial charge is 0.338 e. The van der Waals surface area contributed by atoms with Gasteiger partial charge in [0, 0.05) is 10.6 Å². The molecule has 0 unspecified atom stereocenters.